The highest BCUT2D eigenvalue weighted by molar-refractivity contribution is 5.89. The van der Waals surface area contributed by atoms with E-state index in [1.807, 2.05) is 0 Å². The predicted molar refractivity (Wildman–Crippen MR) is 53.1 cm³/mol. The average molecular weight is 201 g/mol. The van der Waals surface area contributed by atoms with E-state index >= 15 is 0 Å². The number of para-hydroxylation sites is 1. The number of ether oxygens (including phenoxy) is 1. The Kier molecular flexibility index (Phi) is 3.84. The summed E-state index contributed by atoms with van der Waals surface area (Å²) in [5.74, 6) is 4.16. The normalized spacial score (nSPS) is 8.07. The highest BCUT2D eigenvalue weighted by atomic mass is 16.5. The highest BCUT2D eigenvalue weighted by Crippen LogP contribution is 2.16. The Balaban J connectivity index is 3.07. The molecule has 0 atom stereocenters. The van der Waals surface area contributed by atoms with Crippen LogP contribution >= 0.6 is 0 Å². The maximum atomic E-state index is 10.8. The number of esters is 1. The van der Waals surface area contributed by atoms with E-state index in [0.29, 0.717) is 11.3 Å². The quantitative estimate of drug-likeness (QED) is 0.296. The molecule has 0 unspecified atom stereocenters. The Hall–Kier alpha value is -2.37. The number of nitrogens with zero attached hydrogens (tertiary/aromatic N) is 1. The zero-order valence-electron chi connectivity index (χ0n) is 7.98. The van der Waals surface area contributed by atoms with Gasteiger partial charge in [-0.3, -0.25) is 0 Å². The molecule has 0 N–H and O–H groups in total. The maximum Gasteiger partial charge on any atom is 0.384 e. The number of aliphatic imine (C=N–C) groups is 1. The van der Waals surface area contributed by atoms with Gasteiger partial charge in [-0.05, 0) is 12.1 Å². The molecule has 15 heavy (non-hydrogen) atoms. The first kappa shape index (κ1) is 10.7. The molecule has 4 heteroatoms. The molecule has 0 aliphatic carbocycles. The van der Waals surface area contributed by atoms with E-state index in [0.717, 1.165) is 0 Å². The molecule has 0 aromatic heterocycles. The second kappa shape index (κ2) is 5.38. The van der Waals surface area contributed by atoms with E-state index in [1.54, 1.807) is 24.3 Å². The lowest BCUT2D eigenvalue weighted by molar-refractivity contribution is -0.133. The van der Waals surface area contributed by atoms with E-state index in [9.17, 15) is 9.59 Å². The Bertz CT molecular complexity index is 476. The zero-order chi connectivity index (χ0) is 11.1. The van der Waals surface area contributed by atoms with Gasteiger partial charge < -0.3 is 4.74 Å². The van der Waals surface area contributed by atoms with Gasteiger partial charge in [0.15, 0.2) is 0 Å². The van der Waals surface area contributed by atoms with Gasteiger partial charge >= 0.3 is 5.97 Å². The first-order valence-electron chi connectivity index (χ1n) is 4.05. The van der Waals surface area contributed by atoms with Crippen LogP contribution in [0.1, 0.15) is 5.56 Å². The van der Waals surface area contributed by atoms with Crippen LogP contribution in [0.4, 0.5) is 5.69 Å². The van der Waals surface area contributed by atoms with Crippen LogP contribution < -0.4 is 0 Å². The molecule has 4 nitrogen and oxygen atoms in total. The summed E-state index contributed by atoms with van der Waals surface area (Å²) < 4.78 is 4.35. The minimum absolute atomic E-state index is 0.379. The molecule has 0 amide bonds. The van der Waals surface area contributed by atoms with Crippen molar-refractivity contribution in [2.45, 2.75) is 0 Å². The van der Waals surface area contributed by atoms with Gasteiger partial charge in [0.1, 0.15) is 0 Å². The van der Waals surface area contributed by atoms with E-state index < -0.39 is 5.97 Å². The minimum atomic E-state index is -0.639. The fraction of sp³-hybridized carbons (Fsp3) is 0.0909. The first-order chi connectivity index (χ1) is 7.27. The lowest BCUT2D eigenvalue weighted by Gasteiger charge is -1.93. The Morgan fingerprint density at radius 2 is 2.13 bits per heavy atom. The maximum absolute atomic E-state index is 10.8. The van der Waals surface area contributed by atoms with Crippen molar-refractivity contribution in [1.82, 2.24) is 0 Å². The van der Waals surface area contributed by atoms with Crippen molar-refractivity contribution in [3.63, 3.8) is 0 Å². The summed E-state index contributed by atoms with van der Waals surface area (Å²) in [4.78, 5) is 24.3. The predicted octanol–water partition coefficient (Wildman–Crippen LogP) is 1.18. The number of isocyanates is 1. The summed E-state index contributed by atoms with van der Waals surface area (Å²) in [6.07, 6.45) is 1.42. The number of methoxy groups -OCH3 is 1. The molecule has 0 bridgehead atoms. The Morgan fingerprint density at radius 1 is 1.40 bits per heavy atom. The number of carbonyl (C=O) groups is 1. The Morgan fingerprint density at radius 3 is 2.80 bits per heavy atom. The van der Waals surface area contributed by atoms with Gasteiger partial charge in [-0.15, -0.1) is 0 Å². The monoisotopic (exact) mass is 201 g/mol. The van der Waals surface area contributed by atoms with E-state index in [-0.39, 0.29) is 0 Å². The van der Waals surface area contributed by atoms with Crippen molar-refractivity contribution in [2.75, 3.05) is 7.11 Å². The number of carbonyl (C=O) groups excluding carboxylic acids is 2. The topological polar surface area (TPSA) is 55.7 Å². The van der Waals surface area contributed by atoms with Crippen LogP contribution in [0, 0.1) is 11.8 Å². The molecule has 1 aromatic rings. The molecule has 0 saturated heterocycles. The van der Waals surface area contributed by atoms with Crippen LogP contribution in [-0.2, 0) is 14.3 Å². The summed E-state index contributed by atoms with van der Waals surface area (Å²) in [5, 5.41) is 0. The van der Waals surface area contributed by atoms with Gasteiger partial charge in [-0.25, -0.2) is 9.59 Å². The lowest BCUT2D eigenvalue weighted by Crippen LogP contribution is -1.94. The van der Waals surface area contributed by atoms with E-state index in [1.165, 1.54) is 13.2 Å². The third-order valence-electron chi connectivity index (χ3n) is 1.55. The smallest absolute Gasteiger partial charge is 0.384 e. The van der Waals surface area contributed by atoms with Gasteiger partial charge in [0, 0.05) is 5.92 Å². The van der Waals surface area contributed by atoms with Gasteiger partial charge in [0.25, 0.3) is 0 Å². The van der Waals surface area contributed by atoms with Crippen LogP contribution in [0.25, 0.3) is 0 Å². The van der Waals surface area contributed by atoms with Crippen molar-refractivity contribution < 1.29 is 14.3 Å². The minimum Gasteiger partial charge on any atom is -0.459 e. The summed E-state index contributed by atoms with van der Waals surface area (Å²) >= 11 is 0. The van der Waals surface area contributed by atoms with Crippen LogP contribution in [0.5, 0.6) is 0 Å². The van der Waals surface area contributed by atoms with Crippen molar-refractivity contribution in [2.24, 2.45) is 4.99 Å². The lowest BCUT2D eigenvalue weighted by atomic mass is 10.2. The number of hydrogen-bond acceptors (Lipinski definition) is 4. The van der Waals surface area contributed by atoms with Crippen molar-refractivity contribution >= 4 is 17.7 Å². The molecule has 0 radical (unpaired) electrons. The standard InChI is InChI=1S/C11H7NO3/c1-15-11(14)7-6-9-4-2-3-5-10(9)12-8-13/h2-5H,1H3. The summed E-state index contributed by atoms with van der Waals surface area (Å²) in [6, 6.07) is 6.68. The fourth-order valence-corrected chi connectivity index (χ4v) is 0.895. The van der Waals surface area contributed by atoms with Crippen LogP contribution in [0.3, 0.4) is 0 Å². The molecular formula is C11H7NO3. The van der Waals surface area contributed by atoms with Crippen LogP contribution in [0.15, 0.2) is 29.3 Å². The average Bonchev–Trinajstić information content (AvgIpc) is 2.28. The molecule has 0 heterocycles. The summed E-state index contributed by atoms with van der Waals surface area (Å²) in [7, 11) is 1.24. The largest absolute Gasteiger partial charge is 0.459 e. The zero-order valence-corrected chi connectivity index (χ0v) is 7.98. The molecule has 1 aromatic carbocycles. The molecular weight excluding hydrogens is 194 g/mol. The van der Waals surface area contributed by atoms with Gasteiger partial charge in [-0.1, -0.05) is 18.1 Å². The van der Waals surface area contributed by atoms with Gasteiger partial charge in [0.2, 0.25) is 6.08 Å². The van der Waals surface area contributed by atoms with Crippen molar-refractivity contribution in [3.05, 3.63) is 29.8 Å². The second-order valence-corrected chi connectivity index (χ2v) is 2.46. The molecule has 0 spiro atoms. The molecule has 0 aliphatic rings. The Labute approximate surface area is 86.6 Å². The number of hydrogen-bond donors (Lipinski definition) is 0. The molecule has 0 fully saturated rings. The summed E-state index contributed by atoms with van der Waals surface area (Å²) in [6.45, 7) is 0. The van der Waals surface area contributed by atoms with Crippen LogP contribution in [-0.4, -0.2) is 19.2 Å². The van der Waals surface area contributed by atoms with Gasteiger partial charge in [0.05, 0.1) is 18.4 Å². The van der Waals surface area contributed by atoms with E-state index in [2.05, 4.69) is 21.6 Å². The SMILES string of the molecule is COC(=O)C#Cc1ccccc1N=C=O. The molecule has 0 aliphatic heterocycles. The number of rotatable bonds is 1. The van der Waals surface area contributed by atoms with Crippen molar-refractivity contribution in [3.8, 4) is 11.8 Å². The molecule has 1 rings (SSSR count). The first-order valence-corrected chi connectivity index (χ1v) is 4.05. The van der Waals surface area contributed by atoms with E-state index in [4.69, 9.17) is 0 Å². The fourth-order valence-electron chi connectivity index (χ4n) is 0.895. The van der Waals surface area contributed by atoms with Crippen LogP contribution in [0.2, 0.25) is 0 Å². The third kappa shape index (κ3) is 3.11. The molecule has 0 saturated carbocycles. The summed E-state index contributed by atoms with van der Waals surface area (Å²) in [5.41, 5.74) is 0.857. The second-order valence-electron chi connectivity index (χ2n) is 2.46. The number of benzene rings is 1. The van der Waals surface area contributed by atoms with Gasteiger partial charge in [-0.2, -0.15) is 4.99 Å². The third-order valence-corrected chi connectivity index (χ3v) is 1.55. The molecule has 74 valence electrons. The van der Waals surface area contributed by atoms with Crippen molar-refractivity contribution in [1.29, 1.82) is 0 Å². The highest BCUT2D eigenvalue weighted by Gasteiger charge is 1.97.